The van der Waals surface area contributed by atoms with Gasteiger partial charge >= 0.3 is 5.97 Å². The third-order valence-corrected chi connectivity index (χ3v) is 3.64. The molecule has 0 spiro atoms. The lowest BCUT2D eigenvalue weighted by atomic mass is 10.0. The number of aromatic carboxylic acids is 1. The molecule has 0 amide bonds. The van der Waals surface area contributed by atoms with Crippen molar-refractivity contribution < 1.29 is 29.0 Å². The molecule has 0 saturated heterocycles. The topological polar surface area (TPSA) is 108 Å². The molecule has 0 aromatic heterocycles. The quantitative estimate of drug-likeness (QED) is 0.458. The zero-order chi connectivity index (χ0) is 19.3. The zero-order valence-electron chi connectivity index (χ0n) is 14.4. The van der Waals surface area contributed by atoms with Gasteiger partial charge in [0, 0.05) is 6.07 Å². The molecule has 0 bridgehead atoms. The molecule has 26 heavy (non-hydrogen) atoms. The molecule has 0 heterocycles. The Morgan fingerprint density at radius 3 is 2.15 bits per heavy atom. The highest BCUT2D eigenvalue weighted by molar-refractivity contribution is 5.95. The van der Waals surface area contributed by atoms with Gasteiger partial charge in [-0.25, -0.2) is 4.79 Å². The maximum atomic E-state index is 11.4. The summed E-state index contributed by atoms with van der Waals surface area (Å²) in [4.78, 5) is 22.0. The smallest absolute Gasteiger partial charge is 0.336 e. The number of nitro benzene ring substituents is 1. The minimum atomic E-state index is -1.25. The summed E-state index contributed by atoms with van der Waals surface area (Å²) >= 11 is 0. The van der Waals surface area contributed by atoms with Crippen LogP contribution in [0.1, 0.15) is 21.5 Å². The van der Waals surface area contributed by atoms with E-state index in [0.717, 1.165) is 0 Å². The number of ether oxygens (including phenoxy) is 3. The number of carbonyl (C=O) groups is 1. The Kier molecular flexibility index (Phi) is 5.79. The molecule has 0 aliphatic carbocycles. The summed E-state index contributed by atoms with van der Waals surface area (Å²) in [6.45, 7) is 0. The number of hydrogen-bond donors (Lipinski definition) is 1. The first-order chi connectivity index (χ1) is 12.4. The van der Waals surface area contributed by atoms with Crippen LogP contribution in [0.5, 0.6) is 17.2 Å². The first-order valence-corrected chi connectivity index (χ1v) is 7.41. The van der Waals surface area contributed by atoms with Gasteiger partial charge in [0.1, 0.15) is 0 Å². The summed E-state index contributed by atoms with van der Waals surface area (Å²) in [6.07, 6.45) is 2.92. The van der Waals surface area contributed by atoms with Crippen molar-refractivity contribution in [2.24, 2.45) is 0 Å². The van der Waals surface area contributed by atoms with Gasteiger partial charge in [-0.2, -0.15) is 0 Å². The Morgan fingerprint density at radius 2 is 1.69 bits per heavy atom. The number of nitrogens with zero attached hydrogens (tertiary/aromatic N) is 1. The zero-order valence-corrected chi connectivity index (χ0v) is 14.4. The Balaban J connectivity index is 2.57. The fourth-order valence-electron chi connectivity index (χ4n) is 2.45. The van der Waals surface area contributed by atoms with E-state index in [1.54, 1.807) is 18.2 Å². The first kappa shape index (κ1) is 18.8. The second kappa shape index (κ2) is 8.02. The van der Waals surface area contributed by atoms with Crippen molar-refractivity contribution >= 4 is 23.8 Å². The van der Waals surface area contributed by atoms with Crippen LogP contribution in [0.3, 0.4) is 0 Å². The van der Waals surface area contributed by atoms with E-state index in [1.807, 2.05) is 0 Å². The minimum absolute atomic E-state index is 0.00116. The van der Waals surface area contributed by atoms with Crippen molar-refractivity contribution in [3.63, 3.8) is 0 Å². The van der Waals surface area contributed by atoms with Crippen LogP contribution in [-0.4, -0.2) is 37.3 Å². The molecule has 136 valence electrons. The molecular weight excluding hydrogens is 342 g/mol. The Labute approximate surface area is 149 Å². The molecular formula is C18H17NO7. The number of rotatable bonds is 7. The third kappa shape index (κ3) is 3.75. The molecule has 8 nitrogen and oxygen atoms in total. The Morgan fingerprint density at radius 1 is 1.08 bits per heavy atom. The van der Waals surface area contributed by atoms with E-state index in [-0.39, 0.29) is 16.8 Å². The lowest BCUT2D eigenvalue weighted by Crippen LogP contribution is -2.02. The summed E-state index contributed by atoms with van der Waals surface area (Å²) in [7, 11) is 4.41. The van der Waals surface area contributed by atoms with Crippen LogP contribution in [0.15, 0.2) is 30.3 Å². The third-order valence-electron chi connectivity index (χ3n) is 3.64. The predicted molar refractivity (Wildman–Crippen MR) is 95.1 cm³/mol. The van der Waals surface area contributed by atoms with E-state index in [0.29, 0.717) is 22.8 Å². The number of nitro groups is 1. The number of carboxylic acid groups (broad SMARTS) is 1. The van der Waals surface area contributed by atoms with E-state index >= 15 is 0 Å². The Bertz CT molecular complexity index is 817. The summed E-state index contributed by atoms with van der Waals surface area (Å²) in [6, 6.07) is 7.18. The van der Waals surface area contributed by atoms with Crippen molar-refractivity contribution in [2.45, 2.75) is 0 Å². The van der Waals surface area contributed by atoms with Crippen molar-refractivity contribution in [2.75, 3.05) is 21.3 Å². The molecule has 0 radical (unpaired) electrons. The van der Waals surface area contributed by atoms with E-state index in [1.165, 1.54) is 45.6 Å². The van der Waals surface area contributed by atoms with Gasteiger partial charge in [-0.05, 0) is 29.8 Å². The molecule has 0 saturated carbocycles. The number of benzene rings is 2. The molecule has 0 aliphatic rings. The van der Waals surface area contributed by atoms with E-state index in [2.05, 4.69) is 0 Å². The van der Waals surface area contributed by atoms with Crippen LogP contribution in [0, 0.1) is 10.1 Å². The monoisotopic (exact) mass is 359 g/mol. The van der Waals surface area contributed by atoms with Crippen molar-refractivity contribution in [1.29, 1.82) is 0 Å². The lowest BCUT2D eigenvalue weighted by molar-refractivity contribution is -0.385. The van der Waals surface area contributed by atoms with Crippen molar-refractivity contribution in [1.82, 2.24) is 0 Å². The van der Waals surface area contributed by atoms with Crippen LogP contribution < -0.4 is 14.2 Å². The lowest BCUT2D eigenvalue weighted by Gasteiger charge is -2.12. The highest BCUT2D eigenvalue weighted by Gasteiger charge is 2.19. The maximum Gasteiger partial charge on any atom is 0.336 e. The highest BCUT2D eigenvalue weighted by Crippen LogP contribution is 2.38. The van der Waals surface area contributed by atoms with Gasteiger partial charge in [0.15, 0.2) is 11.5 Å². The van der Waals surface area contributed by atoms with Crippen LogP contribution in [0.2, 0.25) is 0 Å². The van der Waals surface area contributed by atoms with Crippen molar-refractivity contribution in [3.05, 3.63) is 57.1 Å². The molecule has 2 aromatic carbocycles. The molecule has 0 unspecified atom stereocenters. The first-order valence-electron chi connectivity index (χ1n) is 7.41. The average molecular weight is 359 g/mol. The highest BCUT2D eigenvalue weighted by atomic mass is 16.6. The van der Waals surface area contributed by atoms with Gasteiger partial charge < -0.3 is 19.3 Å². The molecule has 0 atom stereocenters. The second-order valence-electron chi connectivity index (χ2n) is 5.09. The fraction of sp³-hybridized carbons (Fsp3) is 0.167. The molecule has 0 fully saturated rings. The van der Waals surface area contributed by atoms with Crippen molar-refractivity contribution in [3.8, 4) is 17.2 Å². The van der Waals surface area contributed by atoms with Crippen LogP contribution in [-0.2, 0) is 0 Å². The van der Waals surface area contributed by atoms with Crippen LogP contribution >= 0.6 is 0 Å². The molecule has 2 rings (SSSR count). The summed E-state index contributed by atoms with van der Waals surface area (Å²) in [5.74, 6) is -0.0256. The molecule has 1 N–H and O–H groups in total. The fourth-order valence-corrected chi connectivity index (χ4v) is 2.45. The van der Waals surface area contributed by atoms with Crippen LogP contribution in [0.25, 0.3) is 12.2 Å². The predicted octanol–water partition coefficient (Wildman–Crippen LogP) is 3.49. The van der Waals surface area contributed by atoms with Gasteiger partial charge in [0.2, 0.25) is 5.75 Å². The summed E-state index contributed by atoms with van der Waals surface area (Å²) in [5.41, 5.74) is 0.129. The number of hydrogen-bond acceptors (Lipinski definition) is 6. The molecule has 0 aliphatic heterocycles. The van der Waals surface area contributed by atoms with Gasteiger partial charge in [0.05, 0.1) is 37.4 Å². The largest absolute Gasteiger partial charge is 0.493 e. The minimum Gasteiger partial charge on any atom is -0.493 e. The normalized spacial score (nSPS) is 10.6. The number of carboxylic acids is 1. The van der Waals surface area contributed by atoms with E-state index in [4.69, 9.17) is 14.2 Å². The van der Waals surface area contributed by atoms with Gasteiger partial charge in [-0.15, -0.1) is 0 Å². The van der Waals surface area contributed by atoms with Gasteiger partial charge in [-0.1, -0.05) is 12.1 Å². The standard InChI is InChI=1S/C18H17NO7/c1-24-15-9-11(10-16(25-2)17(15)26-3)7-8-12-13(18(20)21)5-4-6-14(12)19(22)23/h4-10H,1-3H3,(H,20,21)/b8-7+. The van der Waals surface area contributed by atoms with E-state index < -0.39 is 10.9 Å². The average Bonchev–Trinajstić information content (AvgIpc) is 2.64. The second-order valence-corrected chi connectivity index (χ2v) is 5.09. The molecule has 8 heteroatoms. The van der Waals surface area contributed by atoms with Crippen LogP contribution in [0.4, 0.5) is 5.69 Å². The SMILES string of the molecule is COc1cc(/C=C/c2c(C(=O)O)cccc2[N+](=O)[O-])cc(OC)c1OC. The summed E-state index contributed by atoms with van der Waals surface area (Å²) < 4.78 is 15.7. The van der Waals surface area contributed by atoms with Gasteiger partial charge in [-0.3, -0.25) is 10.1 Å². The van der Waals surface area contributed by atoms with E-state index in [9.17, 15) is 20.0 Å². The Hall–Kier alpha value is -3.55. The number of methoxy groups -OCH3 is 3. The molecule has 2 aromatic rings. The van der Waals surface area contributed by atoms with Gasteiger partial charge in [0.25, 0.3) is 5.69 Å². The summed E-state index contributed by atoms with van der Waals surface area (Å²) in [5, 5.41) is 20.5. The maximum absolute atomic E-state index is 11.4.